The molecule has 1 N–H and O–H groups in total. The zero-order valence-electron chi connectivity index (χ0n) is 14.9. The molecule has 0 bridgehead atoms. The second-order valence-electron chi connectivity index (χ2n) is 6.23. The molecule has 2 aromatic carbocycles. The second kappa shape index (κ2) is 8.21. The molecule has 1 heterocycles. The van der Waals surface area contributed by atoms with E-state index in [4.69, 9.17) is 16.3 Å². The van der Waals surface area contributed by atoms with Crippen molar-refractivity contribution in [1.29, 1.82) is 0 Å². The number of benzene rings is 2. The van der Waals surface area contributed by atoms with E-state index in [1.54, 1.807) is 0 Å². The number of nitrogens with zero attached hydrogens (tertiary/aromatic N) is 1. The number of halogens is 4. The van der Waals surface area contributed by atoms with Gasteiger partial charge >= 0.3 is 6.18 Å². The molecule has 1 aliphatic heterocycles. The number of amides is 1. The van der Waals surface area contributed by atoms with Crippen molar-refractivity contribution < 1.29 is 31.1 Å². The van der Waals surface area contributed by atoms with Gasteiger partial charge in [-0.15, -0.1) is 0 Å². The van der Waals surface area contributed by atoms with Crippen LogP contribution in [0, 0.1) is 0 Å². The van der Waals surface area contributed by atoms with E-state index in [-0.39, 0.29) is 21.2 Å². The molecule has 0 atom stereocenters. The molecule has 0 aliphatic carbocycles. The van der Waals surface area contributed by atoms with E-state index in [0.29, 0.717) is 32.4 Å². The number of rotatable bonds is 4. The summed E-state index contributed by atoms with van der Waals surface area (Å²) in [5, 5.41) is 0.0690. The molecule has 2 aromatic rings. The van der Waals surface area contributed by atoms with Gasteiger partial charge in [0.15, 0.2) is 0 Å². The predicted octanol–water partition coefficient (Wildman–Crippen LogP) is 3.63. The SMILES string of the molecule is O=C(c1cc(S(=O)(=O)Nc2cccc(C(F)(F)F)c2)ccc1Cl)N1CCOCC1. The van der Waals surface area contributed by atoms with Crippen LogP contribution in [-0.4, -0.2) is 45.5 Å². The van der Waals surface area contributed by atoms with Gasteiger partial charge in [-0.25, -0.2) is 8.42 Å². The number of hydrogen-bond donors (Lipinski definition) is 1. The Kier molecular flexibility index (Phi) is 6.06. The summed E-state index contributed by atoms with van der Waals surface area (Å²) >= 11 is 6.07. The first-order valence-corrected chi connectivity index (χ1v) is 10.3. The zero-order chi connectivity index (χ0) is 21.2. The molecule has 3 rings (SSSR count). The lowest BCUT2D eigenvalue weighted by Crippen LogP contribution is -2.40. The summed E-state index contributed by atoms with van der Waals surface area (Å²) in [5.74, 6) is -0.450. The average Bonchev–Trinajstić information content (AvgIpc) is 2.67. The van der Waals surface area contributed by atoms with Gasteiger partial charge in [-0.2, -0.15) is 13.2 Å². The Morgan fingerprint density at radius 1 is 1.10 bits per heavy atom. The molecule has 0 spiro atoms. The van der Waals surface area contributed by atoms with E-state index < -0.39 is 27.7 Å². The molecule has 0 saturated carbocycles. The van der Waals surface area contributed by atoms with Gasteiger partial charge in [0.2, 0.25) is 0 Å². The molecule has 156 valence electrons. The number of sulfonamides is 1. The number of morpholine rings is 1. The summed E-state index contributed by atoms with van der Waals surface area (Å²) in [6.07, 6.45) is -4.61. The van der Waals surface area contributed by atoms with E-state index in [0.717, 1.165) is 18.2 Å². The molecule has 11 heteroatoms. The van der Waals surface area contributed by atoms with Crippen molar-refractivity contribution in [3.05, 3.63) is 58.6 Å². The van der Waals surface area contributed by atoms with Gasteiger partial charge in [0.1, 0.15) is 0 Å². The van der Waals surface area contributed by atoms with Crippen molar-refractivity contribution in [2.45, 2.75) is 11.1 Å². The first-order valence-electron chi connectivity index (χ1n) is 8.44. The van der Waals surface area contributed by atoms with Crippen molar-refractivity contribution in [3.63, 3.8) is 0 Å². The molecule has 0 unspecified atom stereocenters. The Labute approximate surface area is 170 Å². The van der Waals surface area contributed by atoms with E-state index in [1.165, 1.54) is 23.1 Å². The third kappa shape index (κ3) is 5.01. The van der Waals surface area contributed by atoms with Crippen LogP contribution in [0.4, 0.5) is 18.9 Å². The van der Waals surface area contributed by atoms with Gasteiger partial charge in [-0.1, -0.05) is 17.7 Å². The zero-order valence-corrected chi connectivity index (χ0v) is 16.4. The summed E-state index contributed by atoms with van der Waals surface area (Å²) < 4.78 is 71.1. The van der Waals surface area contributed by atoms with E-state index in [9.17, 15) is 26.4 Å². The molecular weight excluding hydrogens is 433 g/mol. The van der Waals surface area contributed by atoms with Crippen molar-refractivity contribution in [2.24, 2.45) is 0 Å². The lowest BCUT2D eigenvalue weighted by Gasteiger charge is -2.27. The Morgan fingerprint density at radius 3 is 2.45 bits per heavy atom. The number of carbonyl (C=O) groups is 1. The van der Waals surface area contributed by atoms with E-state index in [1.807, 2.05) is 0 Å². The largest absolute Gasteiger partial charge is 0.416 e. The molecule has 1 fully saturated rings. The van der Waals surface area contributed by atoms with Crippen molar-refractivity contribution in [3.8, 4) is 0 Å². The highest BCUT2D eigenvalue weighted by Crippen LogP contribution is 2.31. The second-order valence-corrected chi connectivity index (χ2v) is 8.32. The molecule has 0 radical (unpaired) electrons. The quantitative estimate of drug-likeness (QED) is 0.775. The monoisotopic (exact) mass is 448 g/mol. The maximum atomic E-state index is 12.8. The number of hydrogen-bond acceptors (Lipinski definition) is 4. The smallest absolute Gasteiger partial charge is 0.378 e. The highest BCUT2D eigenvalue weighted by Gasteiger charge is 2.31. The van der Waals surface area contributed by atoms with Gasteiger partial charge in [-0.05, 0) is 36.4 Å². The van der Waals surface area contributed by atoms with Crippen molar-refractivity contribution in [2.75, 3.05) is 31.0 Å². The molecule has 1 saturated heterocycles. The number of alkyl halides is 3. The summed E-state index contributed by atoms with van der Waals surface area (Å²) in [5.41, 5.74) is -1.26. The van der Waals surface area contributed by atoms with Crippen LogP contribution in [0.3, 0.4) is 0 Å². The Balaban J connectivity index is 1.89. The summed E-state index contributed by atoms with van der Waals surface area (Å²) in [4.78, 5) is 13.9. The maximum Gasteiger partial charge on any atom is 0.416 e. The number of anilines is 1. The van der Waals surface area contributed by atoms with Crippen molar-refractivity contribution in [1.82, 2.24) is 4.90 Å². The molecule has 29 heavy (non-hydrogen) atoms. The summed E-state index contributed by atoms with van der Waals surface area (Å²) in [6.45, 7) is 1.40. The van der Waals surface area contributed by atoms with Crippen LogP contribution < -0.4 is 4.72 Å². The lowest BCUT2D eigenvalue weighted by molar-refractivity contribution is -0.137. The third-order valence-corrected chi connectivity index (χ3v) is 5.93. The normalized spacial score (nSPS) is 15.2. The highest BCUT2D eigenvalue weighted by atomic mass is 35.5. The fourth-order valence-electron chi connectivity index (χ4n) is 2.75. The maximum absolute atomic E-state index is 12.8. The van der Waals surface area contributed by atoms with Crippen LogP contribution in [0.1, 0.15) is 15.9 Å². The fourth-order valence-corrected chi connectivity index (χ4v) is 4.02. The van der Waals surface area contributed by atoms with Gasteiger partial charge in [0.25, 0.3) is 15.9 Å². The summed E-state index contributed by atoms with van der Waals surface area (Å²) in [7, 11) is -4.25. The topological polar surface area (TPSA) is 75.7 Å². The van der Waals surface area contributed by atoms with Gasteiger partial charge in [-0.3, -0.25) is 9.52 Å². The first kappa shape index (κ1) is 21.4. The van der Waals surface area contributed by atoms with E-state index >= 15 is 0 Å². The molecule has 0 aromatic heterocycles. The lowest BCUT2D eigenvalue weighted by atomic mass is 10.2. The number of carbonyl (C=O) groups excluding carboxylic acids is 1. The van der Waals surface area contributed by atoms with Crippen LogP contribution in [0.25, 0.3) is 0 Å². The highest BCUT2D eigenvalue weighted by molar-refractivity contribution is 7.92. The Hall–Kier alpha value is -2.30. The third-order valence-electron chi connectivity index (χ3n) is 4.22. The molecule has 6 nitrogen and oxygen atoms in total. The van der Waals surface area contributed by atoms with Gasteiger partial charge < -0.3 is 9.64 Å². The fraction of sp³-hybridized carbons (Fsp3) is 0.278. The Bertz CT molecular complexity index is 1020. The van der Waals surface area contributed by atoms with Crippen LogP contribution in [0.15, 0.2) is 47.4 Å². The first-order chi connectivity index (χ1) is 13.6. The average molecular weight is 449 g/mol. The van der Waals surface area contributed by atoms with Crippen LogP contribution in [0.2, 0.25) is 5.02 Å². The minimum absolute atomic E-state index is 0.0134. The minimum atomic E-state index is -4.61. The number of nitrogens with one attached hydrogen (secondary N) is 1. The van der Waals surface area contributed by atoms with Crippen LogP contribution in [0.5, 0.6) is 0 Å². The molecule has 1 amide bonds. The standard InChI is InChI=1S/C18H16ClF3N2O4S/c19-16-5-4-14(11-15(16)17(25)24-6-8-28-9-7-24)29(26,27)23-13-3-1-2-12(10-13)18(20,21)22/h1-5,10-11,23H,6-9H2. The van der Waals surface area contributed by atoms with Crippen molar-refractivity contribution >= 4 is 33.2 Å². The number of ether oxygens (including phenoxy) is 1. The van der Waals surface area contributed by atoms with Gasteiger partial charge in [0.05, 0.1) is 34.3 Å². The minimum Gasteiger partial charge on any atom is -0.378 e. The Morgan fingerprint density at radius 2 is 1.79 bits per heavy atom. The van der Waals surface area contributed by atoms with Crippen LogP contribution in [-0.2, 0) is 20.9 Å². The summed E-state index contributed by atoms with van der Waals surface area (Å²) in [6, 6.07) is 7.35. The van der Waals surface area contributed by atoms with Crippen LogP contribution >= 0.6 is 11.6 Å². The molecule has 1 aliphatic rings. The predicted molar refractivity (Wildman–Crippen MR) is 100 cm³/mol. The van der Waals surface area contributed by atoms with Gasteiger partial charge in [0, 0.05) is 18.8 Å². The molecular formula is C18H16ClF3N2O4S. The van der Waals surface area contributed by atoms with E-state index in [2.05, 4.69) is 4.72 Å².